The van der Waals surface area contributed by atoms with Gasteiger partial charge in [0.2, 0.25) is 0 Å². The summed E-state index contributed by atoms with van der Waals surface area (Å²) in [5.74, 6) is 1.22. The zero-order chi connectivity index (χ0) is 7.68. The zero-order valence-electron chi connectivity index (χ0n) is 6.41. The first kappa shape index (κ1) is 7.53. The molecule has 2 unspecified atom stereocenters. The van der Waals surface area contributed by atoms with Crippen LogP contribution in [0.15, 0.2) is 0 Å². The maximum absolute atomic E-state index is 11.0. The molecule has 0 aromatic carbocycles. The molecule has 0 aliphatic carbocycles. The average Bonchev–Trinajstić information content (AvgIpc) is 2.73. The van der Waals surface area contributed by atoms with Gasteiger partial charge in [0.1, 0.15) is 7.28 Å². The SMILES string of the molecule is O=C1OCCC1CSC1BC1. The van der Waals surface area contributed by atoms with Crippen molar-refractivity contribution in [2.45, 2.75) is 17.9 Å². The van der Waals surface area contributed by atoms with Gasteiger partial charge in [0.25, 0.3) is 0 Å². The minimum Gasteiger partial charge on any atom is -0.465 e. The topological polar surface area (TPSA) is 26.3 Å². The Bertz CT molecular complexity index is 170. The van der Waals surface area contributed by atoms with Crippen molar-refractivity contribution in [3.05, 3.63) is 0 Å². The molecule has 2 aliphatic heterocycles. The lowest BCUT2D eigenvalue weighted by atomic mass is 10.1. The number of esters is 1. The van der Waals surface area contributed by atoms with Crippen molar-refractivity contribution in [1.82, 2.24) is 0 Å². The number of carbonyl (C=O) groups is 1. The third-order valence-electron chi connectivity index (χ3n) is 2.10. The van der Waals surface area contributed by atoms with Gasteiger partial charge in [-0.2, -0.15) is 11.8 Å². The molecule has 60 valence electrons. The lowest BCUT2D eigenvalue weighted by Crippen LogP contribution is -2.10. The summed E-state index contributed by atoms with van der Waals surface area (Å²) in [4.78, 5) is 11.0. The molecule has 2 fully saturated rings. The summed E-state index contributed by atoms with van der Waals surface area (Å²) in [6.07, 6.45) is 2.30. The van der Waals surface area contributed by atoms with Gasteiger partial charge in [-0.25, -0.2) is 0 Å². The normalized spacial score (nSPS) is 34.7. The standard InChI is InChI=1S/C7H11BO2S/c9-7-5(1-2-10-7)4-11-6-3-8-6/h5-6,8H,1-4H2. The van der Waals surface area contributed by atoms with Gasteiger partial charge in [0.05, 0.1) is 12.5 Å². The van der Waals surface area contributed by atoms with E-state index in [1.807, 2.05) is 11.8 Å². The van der Waals surface area contributed by atoms with Crippen molar-refractivity contribution in [3.8, 4) is 0 Å². The van der Waals surface area contributed by atoms with Crippen LogP contribution < -0.4 is 0 Å². The molecule has 2 heterocycles. The molecule has 0 N–H and O–H groups in total. The smallest absolute Gasteiger partial charge is 0.309 e. The minimum absolute atomic E-state index is 0.0261. The summed E-state index contributed by atoms with van der Waals surface area (Å²) in [6, 6.07) is 0. The van der Waals surface area contributed by atoms with E-state index in [1.165, 1.54) is 13.6 Å². The number of thioether (sulfide) groups is 1. The summed E-state index contributed by atoms with van der Waals surface area (Å²) in [6.45, 7) is 0.648. The number of cyclic esters (lactones) is 1. The Morgan fingerprint density at radius 1 is 1.73 bits per heavy atom. The van der Waals surface area contributed by atoms with Crippen LogP contribution >= 0.6 is 11.8 Å². The number of rotatable bonds is 3. The highest BCUT2D eigenvalue weighted by molar-refractivity contribution is 8.02. The number of ether oxygens (including phenoxy) is 1. The van der Waals surface area contributed by atoms with Crippen LogP contribution in [0.25, 0.3) is 0 Å². The van der Waals surface area contributed by atoms with Crippen molar-refractivity contribution in [2.24, 2.45) is 5.92 Å². The van der Waals surface area contributed by atoms with Gasteiger partial charge in [-0.3, -0.25) is 4.79 Å². The molecule has 0 radical (unpaired) electrons. The second-order valence-electron chi connectivity index (χ2n) is 3.19. The fourth-order valence-electron chi connectivity index (χ4n) is 1.18. The molecular formula is C7H11BO2S. The third kappa shape index (κ3) is 1.92. The molecule has 0 saturated carbocycles. The van der Waals surface area contributed by atoms with Crippen molar-refractivity contribution in [1.29, 1.82) is 0 Å². The van der Waals surface area contributed by atoms with Crippen LogP contribution in [0.1, 0.15) is 6.42 Å². The first-order valence-electron chi connectivity index (χ1n) is 4.14. The summed E-state index contributed by atoms with van der Waals surface area (Å²) >= 11 is 1.94. The van der Waals surface area contributed by atoms with Gasteiger partial charge in [0, 0.05) is 5.75 Å². The first-order valence-corrected chi connectivity index (χ1v) is 5.19. The Hall–Kier alpha value is -0.115. The molecule has 2 saturated heterocycles. The molecule has 0 amide bonds. The highest BCUT2D eigenvalue weighted by Gasteiger charge is 2.30. The van der Waals surface area contributed by atoms with Crippen LogP contribution in [0.3, 0.4) is 0 Å². The average molecular weight is 170 g/mol. The largest absolute Gasteiger partial charge is 0.465 e. The second kappa shape index (κ2) is 3.09. The van der Waals surface area contributed by atoms with E-state index < -0.39 is 0 Å². The molecule has 11 heavy (non-hydrogen) atoms. The van der Waals surface area contributed by atoms with Crippen LogP contribution in [0, 0.1) is 5.92 Å². The molecule has 0 aromatic rings. The fourth-order valence-corrected chi connectivity index (χ4v) is 2.45. The summed E-state index contributed by atoms with van der Waals surface area (Å²) < 4.78 is 4.87. The Kier molecular flexibility index (Phi) is 2.12. The summed E-state index contributed by atoms with van der Waals surface area (Å²) in [5, 5.41) is 0.864. The molecular weight excluding hydrogens is 159 g/mol. The molecule has 2 atom stereocenters. The van der Waals surface area contributed by atoms with Gasteiger partial charge < -0.3 is 4.74 Å². The minimum atomic E-state index is 0.0261. The Balaban J connectivity index is 1.71. The number of carbonyl (C=O) groups excluding carboxylic acids is 1. The van der Waals surface area contributed by atoms with E-state index in [9.17, 15) is 4.79 Å². The first-order chi connectivity index (χ1) is 5.36. The van der Waals surface area contributed by atoms with Crippen molar-refractivity contribution in [2.75, 3.05) is 12.4 Å². The van der Waals surface area contributed by atoms with Crippen LogP contribution in [0.4, 0.5) is 0 Å². The predicted molar refractivity (Wildman–Crippen MR) is 47.3 cm³/mol. The van der Waals surface area contributed by atoms with E-state index in [2.05, 4.69) is 0 Å². The highest BCUT2D eigenvalue weighted by atomic mass is 32.2. The quantitative estimate of drug-likeness (QED) is 0.455. The summed E-state index contributed by atoms with van der Waals surface area (Å²) in [7, 11) is 1.35. The van der Waals surface area contributed by atoms with E-state index in [0.717, 1.165) is 17.3 Å². The Labute approximate surface area is 71.3 Å². The maximum atomic E-state index is 11.0. The van der Waals surface area contributed by atoms with Crippen molar-refractivity contribution < 1.29 is 9.53 Å². The third-order valence-corrected chi connectivity index (χ3v) is 3.64. The monoisotopic (exact) mass is 170 g/mol. The highest BCUT2D eigenvalue weighted by Crippen LogP contribution is 2.30. The van der Waals surface area contributed by atoms with E-state index in [-0.39, 0.29) is 11.9 Å². The predicted octanol–water partition coefficient (Wildman–Crippen LogP) is 0.477. The lowest BCUT2D eigenvalue weighted by molar-refractivity contribution is -0.140. The maximum Gasteiger partial charge on any atom is 0.309 e. The molecule has 0 spiro atoms. The molecule has 0 bridgehead atoms. The molecule has 2 aliphatic rings. The van der Waals surface area contributed by atoms with Crippen molar-refractivity contribution >= 4 is 25.0 Å². The second-order valence-corrected chi connectivity index (χ2v) is 4.52. The number of hydrogen-bond acceptors (Lipinski definition) is 3. The van der Waals surface area contributed by atoms with Crippen LogP contribution in [0.2, 0.25) is 6.32 Å². The van der Waals surface area contributed by atoms with Crippen LogP contribution in [-0.4, -0.2) is 30.8 Å². The molecule has 0 aromatic heterocycles. The fraction of sp³-hybridized carbons (Fsp3) is 0.857. The number of hydrogen-bond donors (Lipinski definition) is 0. The Morgan fingerprint density at radius 3 is 3.09 bits per heavy atom. The van der Waals surface area contributed by atoms with Gasteiger partial charge >= 0.3 is 5.97 Å². The van der Waals surface area contributed by atoms with Crippen LogP contribution in [0.5, 0.6) is 0 Å². The van der Waals surface area contributed by atoms with Gasteiger partial charge in [-0.15, -0.1) is 0 Å². The van der Waals surface area contributed by atoms with Gasteiger partial charge in [-0.1, -0.05) is 6.32 Å². The molecule has 2 rings (SSSR count). The zero-order valence-corrected chi connectivity index (χ0v) is 7.23. The Morgan fingerprint density at radius 2 is 2.55 bits per heavy atom. The molecule has 2 nitrogen and oxygen atoms in total. The van der Waals surface area contributed by atoms with Gasteiger partial charge in [-0.05, 0) is 11.6 Å². The van der Waals surface area contributed by atoms with Crippen LogP contribution in [-0.2, 0) is 9.53 Å². The van der Waals surface area contributed by atoms with E-state index >= 15 is 0 Å². The van der Waals surface area contributed by atoms with E-state index in [0.29, 0.717) is 6.61 Å². The van der Waals surface area contributed by atoms with Crippen molar-refractivity contribution in [3.63, 3.8) is 0 Å². The summed E-state index contributed by atoms with van der Waals surface area (Å²) in [5.41, 5.74) is 0. The molecule has 4 heteroatoms. The lowest BCUT2D eigenvalue weighted by Gasteiger charge is -2.02. The van der Waals surface area contributed by atoms with Gasteiger partial charge in [0.15, 0.2) is 0 Å². The van der Waals surface area contributed by atoms with E-state index in [4.69, 9.17) is 4.74 Å². The van der Waals surface area contributed by atoms with E-state index in [1.54, 1.807) is 0 Å².